The predicted octanol–water partition coefficient (Wildman–Crippen LogP) is 5.16. The smallest absolute Gasteiger partial charge is 0.247 e. The number of nitrogens with one attached hydrogen (secondary N) is 3. The molecule has 0 unspecified atom stereocenters. The summed E-state index contributed by atoms with van der Waals surface area (Å²) in [6.45, 7) is 8.61. The fraction of sp³-hybridized carbons (Fsp3) is 0.344. The van der Waals surface area contributed by atoms with Crippen molar-refractivity contribution in [2.75, 3.05) is 75.5 Å². The molecule has 0 spiro atoms. The van der Waals surface area contributed by atoms with E-state index in [1.165, 1.54) is 6.08 Å². The van der Waals surface area contributed by atoms with Gasteiger partial charge in [-0.3, -0.25) is 14.8 Å². The Kier molecular flexibility index (Phi) is 9.36. The van der Waals surface area contributed by atoms with Crippen molar-refractivity contribution in [1.29, 1.82) is 0 Å². The van der Waals surface area contributed by atoms with Crippen LogP contribution < -0.4 is 30.9 Å². The Morgan fingerprint density at radius 3 is 2.47 bits per heavy atom. The zero-order valence-electron chi connectivity index (χ0n) is 26.6. The molecule has 1 fully saturated rings. The van der Waals surface area contributed by atoms with Gasteiger partial charge in [0.2, 0.25) is 11.9 Å². The molecule has 5 rings (SSSR count). The Labute approximate surface area is 263 Å². The number of fused-ring (bicyclic) bond motifs is 1. The van der Waals surface area contributed by atoms with Crippen molar-refractivity contribution in [3.05, 3.63) is 61.1 Å². The number of rotatable bonds is 13. The highest BCUT2D eigenvalue weighted by Crippen LogP contribution is 2.45. The number of aromatic nitrogens is 4. The molecule has 0 atom stereocenters. The number of carbonyl (C=O) groups is 1. The monoisotopic (exact) mass is 629 g/mol. The van der Waals surface area contributed by atoms with Crippen molar-refractivity contribution in [3.63, 3.8) is 0 Å². The summed E-state index contributed by atoms with van der Waals surface area (Å²) in [4.78, 5) is 35.0. The maximum atomic E-state index is 13.5. The van der Waals surface area contributed by atoms with E-state index in [-0.39, 0.29) is 5.91 Å². The minimum Gasteiger partial charge on any atom is -0.494 e. The van der Waals surface area contributed by atoms with E-state index in [0.29, 0.717) is 56.8 Å². The van der Waals surface area contributed by atoms with Crippen LogP contribution in [0, 0.1) is 0 Å². The van der Waals surface area contributed by atoms with Crippen molar-refractivity contribution in [3.8, 4) is 5.75 Å². The van der Waals surface area contributed by atoms with Crippen molar-refractivity contribution in [2.45, 2.75) is 18.8 Å². The third-order valence-electron chi connectivity index (χ3n) is 7.54. The Morgan fingerprint density at radius 2 is 1.80 bits per heavy atom. The van der Waals surface area contributed by atoms with Crippen LogP contribution in [0.15, 0.2) is 55.5 Å². The van der Waals surface area contributed by atoms with Crippen LogP contribution in [0.25, 0.3) is 11.0 Å². The summed E-state index contributed by atoms with van der Waals surface area (Å²) in [6, 6.07) is 7.41. The lowest BCUT2D eigenvalue weighted by molar-refractivity contribution is -0.111. The first kappa shape index (κ1) is 31.9. The summed E-state index contributed by atoms with van der Waals surface area (Å²) in [5.41, 5.74) is 4.87. The number of amides is 1. The van der Waals surface area contributed by atoms with Crippen molar-refractivity contribution in [2.24, 2.45) is 0 Å². The van der Waals surface area contributed by atoms with Gasteiger partial charge in [-0.1, -0.05) is 6.58 Å². The Balaban J connectivity index is 1.54. The van der Waals surface area contributed by atoms with E-state index >= 15 is 0 Å². The van der Waals surface area contributed by atoms with E-state index in [2.05, 4.69) is 47.3 Å². The lowest BCUT2D eigenvalue weighted by Gasteiger charge is -2.26. The molecule has 0 aliphatic heterocycles. The van der Waals surface area contributed by atoms with Gasteiger partial charge in [-0.05, 0) is 70.5 Å². The summed E-state index contributed by atoms with van der Waals surface area (Å²) in [5.74, 6) is 1.51. The fourth-order valence-corrected chi connectivity index (χ4v) is 6.46. The van der Waals surface area contributed by atoms with Gasteiger partial charge in [-0.15, -0.1) is 0 Å². The summed E-state index contributed by atoms with van der Waals surface area (Å²) in [5, 5.41) is 10.3. The Hall–Kier alpha value is -4.54. The quantitative estimate of drug-likeness (QED) is 0.134. The fourth-order valence-electron chi connectivity index (χ4n) is 5.07. The van der Waals surface area contributed by atoms with Crippen LogP contribution in [0.3, 0.4) is 0 Å². The van der Waals surface area contributed by atoms with Crippen molar-refractivity contribution in [1.82, 2.24) is 24.8 Å². The summed E-state index contributed by atoms with van der Waals surface area (Å²) < 4.78 is 19.3. The summed E-state index contributed by atoms with van der Waals surface area (Å²) in [7, 11) is 4.81. The van der Waals surface area contributed by atoms with Crippen LogP contribution in [0.1, 0.15) is 24.3 Å². The standard InChI is InChI=1S/C32H40N9O3P/c1-8-28(42)36-24-17-25(27(44-5)18-26(24)41(4)16-15-40(2)3)38-32-35-19-21(20-9-10-20)31(39-32)37-23-12-11-22-29(34-14-13-33-22)30(23)45(6,7)43/h8,11-14,17-20H,1,9-10,15-16H2,2-7H3,(H,36,42)(H2,35,37,38,39). The minimum absolute atomic E-state index is 0.327. The molecule has 12 nitrogen and oxygen atoms in total. The number of ether oxygens (including phenoxy) is 1. The average molecular weight is 630 g/mol. The molecule has 13 heteroatoms. The van der Waals surface area contributed by atoms with Gasteiger partial charge in [0.05, 0.1) is 40.7 Å². The molecule has 2 heterocycles. The SMILES string of the molecule is C=CC(=O)Nc1cc(Nc2ncc(C3CC3)c(Nc3ccc4nccnc4c3P(C)(C)=O)n2)c(OC)cc1N(C)CCN(C)C. The average Bonchev–Trinajstić information content (AvgIpc) is 3.85. The van der Waals surface area contributed by atoms with E-state index < -0.39 is 7.14 Å². The van der Waals surface area contributed by atoms with Gasteiger partial charge in [0.1, 0.15) is 24.2 Å². The van der Waals surface area contributed by atoms with Gasteiger partial charge in [0.25, 0.3) is 0 Å². The first-order valence-corrected chi connectivity index (χ1v) is 17.3. The van der Waals surface area contributed by atoms with Gasteiger partial charge in [0, 0.05) is 50.4 Å². The van der Waals surface area contributed by atoms with E-state index in [1.54, 1.807) is 38.9 Å². The summed E-state index contributed by atoms with van der Waals surface area (Å²) >= 11 is 0. The van der Waals surface area contributed by atoms with Crippen LogP contribution >= 0.6 is 7.14 Å². The number of methoxy groups -OCH3 is 1. The van der Waals surface area contributed by atoms with E-state index in [1.807, 2.05) is 45.5 Å². The molecular formula is C32H40N9O3P. The van der Waals surface area contributed by atoms with Crippen LogP contribution in [-0.2, 0) is 9.36 Å². The second-order valence-corrected chi connectivity index (χ2v) is 14.9. The molecule has 2 aromatic carbocycles. The number of anilines is 6. The minimum atomic E-state index is -2.77. The van der Waals surface area contributed by atoms with Crippen molar-refractivity contribution < 1.29 is 14.1 Å². The second kappa shape index (κ2) is 13.2. The van der Waals surface area contributed by atoms with Crippen molar-refractivity contribution >= 4 is 63.9 Å². The maximum Gasteiger partial charge on any atom is 0.247 e. The van der Waals surface area contributed by atoms with Crippen LogP contribution in [0.2, 0.25) is 0 Å². The lowest BCUT2D eigenvalue weighted by atomic mass is 10.2. The molecule has 0 bridgehead atoms. The molecule has 0 saturated heterocycles. The van der Waals surface area contributed by atoms with Gasteiger partial charge < -0.3 is 35.1 Å². The van der Waals surface area contributed by atoms with Gasteiger partial charge in [-0.25, -0.2) is 4.98 Å². The largest absolute Gasteiger partial charge is 0.494 e. The van der Waals surface area contributed by atoms with Crippen LogP contribution in [-0.4, -0.2) is 85.4 Å². The molecular weight excluding hydrogens is 589 g/mol. The zero-order chi connectivity index (χ0) is 32.3. The van der Waals surface area contributed by atoms with E-state index in [0.717, 1.165) is 37.2 Å². The molecule has 0 radical (unpaired) electrons. The molecule has 45 heavy (non-hydrogen) atoms. The van der Waals surface area contributed by atoms with Crippen LogP contribution in [0.5, 0.6) is 5.75 Å². The molecule has 2 aromatic heterocycles. The highest BCUT2D eigenvalue weighted by atomic mass is 31.2. The van der Waals surface area contributed by atoms with E-state index in [9.17, 15) is 9.36 Å². The number of hydrogen-bond acceptors (Lipinski definition) is 11. The molecule has 4 aromatic rings. The Bertz CT molecular complexity index is 1790. The van der Waals surface area contributed by atoms with E-state index in [4.69, 9.17) is 9.72 Å². The highest BCUT2D eigenvalue weighted by Gasteiger charge is 2.29. The van der Waals surface area contributed by atoms with Gasteiger partial charge >= 0.3 is 0 Å². The third-order valence-corrected chi connectivity index (χ3v) is 9.07. The van der Waals surface area contributed by atoms with Gasteiger partial charge in [-0.2, -0.15) is 4.98 Å². The molecule has 1 saturated carbocycles. The zero-order valence-corrected chi connectivity index (χ0v) is 27.5. The molecule has 236 valence electrons. The number of benzene rings is 2. The van der Waals surface area contributed by atoms with Gasteiger partial charge in [0.15, 0.2) is 0 Å². The first-order chi connectivity index (χ1) is 21.5. The third kappa shape index (κ3) is 7.41. The topological polar surface area (TPSA) is 138 Å². The Morgan fingerprint density at radius 1 is 1.04 bits per heavy atom. The second-order valence-electron chi connectivity index (χ2n) is 11.7. The number of likely N-dealkylation sites (N-methyl/N-ethyl adjacent to an activating group) is 2. The predicted molar refractivity (Wildman–Crippen MR) is 183 cm³/mol. The lowest BCUT2D eigenvalue weighted by Crippen LogP contribution is -2.29. The normalized spacial score (nSPS) is 13.0. The number of carbonyl (C=O) groups excluding carboxylic acids is 1. The molecule has 1 aliphatic rings. The molecule has 3 N–H and O–H groups in total. The number of hydrogen-bond donors (Lipinski definition) is 3. The summed E-state index contributed by atoms with van der Waals surface area (Å²) in [6.07, 6.45) is 8.38. The molecule has 1 aliphatic carbocycles. The number of nitrogens with zero attached hydrogens (tertiary/aromatic N) is 6. The first-order valence-electron chi connectivity index (χ1n) is 14.7. The highest BCUT2D eigenvalue weighted by molar-refractivity contribution is 7.71. The molecule has 1 amide bonds. The maximum absolute atomic E-state index is 13.5. The van der Waals surface area contributed by atoms with Crippen LogP contribution in [0.4, 0.5) is 34.5 Å².